The molecule has 39 heavy (non-hydrogen) atoms. The number of aryl methyl sites for hydroxylation is 1. The number of aromatic nitrogens is 4. The average molecular weight is 560 g/mol. The van der Waals surface area contributed by atoms with E-state index in [0.717, 1.165) is 15.9 Å². The van der Waals surface area contributed by atoms with Crippen LogP contribution in [0.25, 0.3) is 15.2 Å². The number of ether oxygens (including phenoxy) is 2. The summed E-state index contributed by atoms with van der Waals surface area (Å²) in [5.41, 5.74) is 3.64. The molecule has 0 aliphatic rings. The molecule has 2 atom stereocenters. The zero-order chi connectivity index (χ0) is 28.6. The Balaban J connectivity index is 2.01. The summed E-state index contributed by atoms with van der Waals surface area (Å²) < 4.78 is 29.5. The smallest absolute Gasteiger partial charge is 0.332 e. The van der Waals surface area contributed by atoms with Gasteiger partial charge in [-0.15, -0.1) is 0 Å². The Morgan fingerprint density at radius 1 is 1.31 bits per heavy atom. The number of methoxy groups -OCH3 is 1. The molecule has 0 spiro atoms. The van der Waals surface area contributed by atoms with Crippen LogP contribution in [0.2, 0.25) is 0 Å². The third kappa shape index (κ3) is 5.51. The minimum atomic E-state index is -1.24. The average Bonchev–Trinajstić information content (AvgIpc) is 3.51. The number of amides is 1. The number of rotatable bonds is 10. The van der Waals surface area contributed by atoms with Gasteiger partial charge in [0.25, 0.3) is 5.56 Å². The SMILES string of the molecule is COc1ccc(F)cc1[C@H](Cn1c(=O)n(C(C)C(N)=O)c(=O)c2c(C)c(-n3cccn3)sc21)OCC(C)(C)O. The minimum Gasteiger partial charge on any atom is -0.496 e. The van der Waals surface area contributed by atoms with Crippen molar-refractivity contribution in [3.63, 3.8) is 0 Å². The number of hydrogen-bond acceptors (Lipinski definition) is 8. The van der Waals surface area contributed by atoms with Crippen molar-refractivity contribution in [1.29, 1.82) is 0 Å². The Morgan fingerprint density at radius 3 is 2.62 bits per heavy atom. The van der Waals surface area contributed by atoms with Gasteiger partial charge in [0.2, 0.25) is 5.91 Å². The molecule has 1 aromatic carbocycles. The van der Waals surface area contributed by atoms with E-state index in [0.29, 0.717) is 26.7 Å². The molecular weight excluding hydrogens is 529 g/mol. The number of fused-ring (bicyclic) bond motifs is 1. The molecule has 11 nitrogen and oxygen atoms in total. The van der Waals surface area contributed by atoms with Crippen LogP contribution >= 0.6 is 11.3 Å². The van der Waals surface area contributed by atoms with Crippen molar-refractivity contribution < 1.29 is 23.8 Å². The molecule has 0 aliphatic carbocycles. The van der Waals surface area contributed by atoms with Crippen molar-refractivity contribution >= 4 is 27.5 Å². The Hall–Kier alpha value is -3.81. The zero-order valence-electron chi connectivity index (χ0n) is 22.2. The summed E-state index contributed by atoms with van der Waals surface area (Å²) in [5, 5.41) is 15.4. The van der Waals surface area contributed by atoms with Gasteiger partial charge in [-0.05, 0) is 52.0 Å². The number of primary amides is 1. The number of carbonyl (C=O) groups is 1. The van der Waals surface area contributed by atoms with Crippen molar-refractivity contribution in [2.24, 2.45) is 5.73 Å². The summed E-state index contributed by atoms with van der Waals surface area (Å²) in [5.74, 6) is -1.11. The molecule has 13 heteroatoms. The van der Waals surface area contributed by atoms with Gasteiger partial charge in [-0.3, -0.25) is 14.2 Å². The summed E-state index contributed by atoms with van der Waals surface area (Å²) in [6, 6.07) is 4.37. The number of hydrogen-bond donors (Lipinski definition) is 2. The van der Waals surface area contributed by atoms with E-state index in [1.54, 1.807) is 43.9 Å². The Labute approximate surface area is 226 Å². The van der Waals surface area contributed by atoms with Crippen molar-refractivity contribution in [3.8, 4) is 10.8 Å². The molecule has 4 aromatic rings. The molecular formula is C26H30FN5O6S. The van der Waals surface area contributed by atoms with Gasteiger partial charge in [0, 0.05) is 23.5 Å². The lowest BCUT2D eigenvalue weighted by Gasteiger charge is -2.26. The van der Waals surface area contributed by atoms with Crippen LogP contribution in [0.5, 0.6) is 5.75 Å². The van der Waals surface area contributed by atoms with Crippen LogP contribution in [0.4, 0.5) is 4.39 Å². The van der Waals surface area contributed by atoms with Crippen LogP contribution < -0.4 is 21.7 Å². The topological polar surface area (TPSA) is 144 Å². The maximum Gasteiger partial charge on any atom is 0.332 e. The fourth-order valence-electron chi connectivity index (χ4n) is 4.26. The largest absolute Gasteiger partial charge is 0.496 e. The van der Waals surface area contributed by atoms with Crippen LogP contribution in [-0.4, -0.2) is 49.2 Å². The molecule has 0 aliphatic heterocycles. The summed E-state index contributed by atoms with van der Waals surface area (Å²) >= 11 is 1.16. The quantitative estimate of drug-likeness (QED) is 0.304. The van der Waals surface area contributed by atoms with Gasteiger partial charge >= 0.3 is 5.69 Å². The number of carbonyl (C=O) groups excluding carboxylic acids is 1. The number of halogens is 1. The standard InChI is InChI=1S/C26H30FN5O6S/c1-14-20-22(34)32(15(2)21(28)33)25(35)30(24(20)39-23(14)31-10-6-9-29-31)12-19(38-13-26(3,4)36)17-11-16(27)7-8-18(17)37-5/h6-11,15,19,36H,12-13H2,1-5H3,(H2,28,33)/t15?,19-/m0/s1. The maximum atomic E-state index is 14.4. The van der Waals surface area contributed by atoms with Gasteiger partial charge in [0.05, 0.1) is 31.2 Å². The highest BCUT2D eigenvalue weighted by atomic mass is 32.1. The first-order valence-corrected chi connectivity index (χ1v) is 12.9. The van der Waals surface area contributed by atoms with Crippen LogP contribution in [0.1, 0.15) is 44.0 Å². The third-order valence-corrected chi connectivity index (χ3v) is 7.56. The highest BCUT2D eigenvalue weighted by molar-refractivity contribution is 7.21. The molecule has 4 rings (SSSR count). The Bertz CT molecular complexity index is 1630. The van der Waals surface area contributed by atoms with Gasteiger partial charge in [-0.2, -0.15) is 5.10 Å². The second kappa shape index (κ2) is 10.8. The molecule has 3 aromatic heterocycles. The molecule has 1 amide bonds. The number of nitrogens with zero attached hydrogens (tertiary/aromatic N) is 4. The molecule has 1 unspecified atom stereocenters. The number of benzene rings is 1. The van der Waals surface area contributed by atoms with E-state index in [1.807, 2.05) is 0 Å². The molecule has 3 N–H and O–H groups in total. The van der Waals surface area contributed by atoms with Crippen molar-refractivity contribution in [1.82, 2.24) is 18.9 Å². The number of thiophene rings is 1. The van der Waals surface area contributed by atoms with Gasteiger partial charge < -0.3 is 20.3 Å². The van der Waals surface area contributed by atoms with E-state index in [2.05, 4.69) is 5.10 Å². The van der Waals surface area contributed by atoms with Crippen molar-refractivity contribution in [3.05, 3.63) is 74.4 Å². The summed E-state index contributed by atoms with van der Waals surface area (Å²) in [6.07, 6.45) is 2.30. The van der Waals surface area contributed by atoms with E-state index in [9.17, 15) is 23.9 Å². The molecule has 3 heterocycles. The van der Waals surface area contributed by atoms with Gasteiger partial charge in [-0.1, -0.05) is 11.3 Å². The normalized spacial score (nSPS) is 13.5. The molecule has 0 saturated carbocycles. The van der Waals surface area contributed by atoms with Crippen LogP contribution in [0.15, 0.2) is 46.2 Å². The lowest BCUT2D eigenvalue weighted by molar-refractivity contribution is -0.120. The van der Waals surface area contributed by atoms with E-state index >= 15 is 0 Å². The lowest BCUT2D eigenvalue weighted by atomic mass is 10.1. The Kier molecular flexibility index (Phi) is 7.77. The highest BCUT2D eigenvalue weighted by Crippen LogP contribution is 2.34. The number of aliphatic hydroxyl groups is 1. The van der Waals surface area contributed by atoms with E-state index < -0.39 is 40.7 Å². The van der Waals surface area contributed by atoms with Crippen LogP contribution in [-0.2, 0) is 16.1 Å². The summed E-state index contributed by atoms with van der Waals surface area (Å²) in [4.78, 5) is 39.8. The predicted molar refractivity (Wildman–Crippen MR) is 144 cm³/mol. The van der Waals surface area contributed by atoms with Gasteiger partial charge in [0.1, 0.15) is 33.5 Å². The fraction of sp³-hybridized carbons (Fsp3) is 0.385. The van der Waals surface area contributed by atoms with Gasteiger partial charge in [-0.25, -0.2) is 18.4 Å². The first-order chi connectivity index (χ1) is 18.3. The first kappa shape index (κ1) is 28.2. The van der Waals surface area contributed by atoms with Crippen LogP contribution in [0.3, 0.4) is 0 Å². The summed E-state index contributed by atoms with van der Waals surface area (Å²) in [7, 11) is 1.42. The molecule has 0 saturated heterocycles. The zero-order valence-corrected chi connectivity index (χ0v) is 23.0. The molecule has 0 fully saturated rings. The monoisotopic (exact) mass is 559 g/mol. The maximum absolute atomic E-state index is 14.4. The van der Waals surface area contributed by atoms with Crippen LogP contribution in [0, 0.1) is 12.7 Å². The van der Waals surface area contributed by atoms with Gasteiger partial charge in [0.15, 0.2) is 0 Å². The van der Waals surface area contributed by atoms with Crippen molar-refractivity contribution in [2.45, 2.75) is 52.0 Å². The number of nitrogens with two attached hydrogens (primary N) is 1. The molecule has 208 valence electrons. The lowest BCUT2D eigenvalue weighted by Crippen LogP contribution is -2.45. The third-order valence-electron chi connectivity index (χ3n) is 6.25. The first-order valence-electron chi connectivity index (χ1n) is 12.1. The molecule has 0 bridgehead atoms. The Morgan fingerprint density at radius 2 is 2.03 bits per heavy atom. The second-order valence-electron chi connectivity index (χ2n) is 9.81. The highest BCUT2D eigenvalue weighted by Gasteiger charge is 2.29. The van der Waals surface area contributed by atoms with E-state index in [1.165, 1.54) is 36.8 Å². The second-order valence-corrected chi connectivity index (χ2v) is 10.8. The van der Waals surface area contributed by atoms with Crippen molar-refractivity contribution in [2.75, 3.05) is 13.7 Å². The van der Waals surface area contributed by atoms with E-state index in [-0.39, 0.29) is 18.5 Å². The predicted octanol–water partition coefficient (Wildman–Crippen LogP) is 2.44. The minimum absolute atomic E-state index is 0.158. The van der Waals surface area contributed by atoms with E-state index in [4.69, 9.17) is 15.2 Å². The fourth-order valence-corrected chi connectivity index (χ4v) is 5.50. The molecule has 0 radical (unpaired) electrons. The summed E-state index contributed by atoms with van der Waals surface area (Å²) in [6.45, 7) is 5.83.